The van der Waals surface area contributed by atoms with E-state index < -0.39 is 0 Å². The number of hydrogen-bond acceptors (Lipinski definition) is 5. The largest absolute Gasteiger partial charge is 0.351 e. The standard InChI is InChI=1S/C25H28ClN5S/c1-17-7-9-21(10-8-17)30-25-28-13-18(14-29-25)11-19-16-31(32-22-5-3-2-4-6-22)24-23(19)12-20(26)15-27-24/h2-3,5,12-17,21H,4,6-11H2,1H3,(H,28,29,30). The van der Waals surface area contributed by atoms with Gasteiger partial charge in [-0.25, -0.2) is 15.0 Å². The molecule has 0 aromatic carbocycles. The van der Waals surface area contributed by atoms with E-state index in [-0.39, 0.29) is 0 Å². The first-order valence-electron chi connectivity index (χ1n) is 11.4. The third kappa shape index (κ3) is 5.02. The molecular weight excluding hydrogens is 438 g/mol. The Labute approximate surface area is 198 Å². The number of allylic oxidation sites excluding steroid dienone is 4. The van der Waals surface area contributed by atoms with E-state index in [4.69, 9.17) is 11.6 Å². The van der Waals surface area contributed by atoms with Crippen molar-refractivity contribution >= 4 is 40.5 Å². The summed E-state index contributed by atoms with van der Waals surface area (Å²) in [5.41, 5.74) is 3.20. The maximum atomic E-state index is 6.29. The van der Waals surface area contributed by atoms with Gasteiger partial charge in [0.05, 0.1) is 5.02 Å². The van der Waals surface area contributed by atoms with Crippen LogP contribution in [0.5, 0.6) is 0 Å². The third-order valence-electron chi connectivity index (χ3n) is 6.30. The first-order chi connectivity index (χ1) is 15.6. The number of nitrogens with zero attached hydrogens (tertiary/aromatic N) is 4. The second-order valence-corrected chi connectivity index (χ2v) is 10.4. The van der Waals surface area contributed by atoms with Crippen LogP contribution in [0.1, 0.15) is 56.6 Å². The molecule has 1 N–H and O–H groups in total. The van der Waals surface area contributed by atoms with Gasteiger partial charge in [-0.3, -0.25) is 3.97 Å². The number of hydrogen-bond donors (Lipinski definition) is 1. The molecule has 0 atom stereocenters. The molecule has 0 unspecified atom stereocenters. The lowest BCUT2D eigenvalue weighted by Gasteiger charge is -2.26. The van der Waals surface area contributed by atoms with Crippen LogP contribution in [0, 0.1) is 5.92 Å². The van der Waals surface area contributed by atoms with Gasteiger partial charge in [-0.15, -0.1) is 0 Å². The summed E-state index contributed by atoms with van der Waals surface area (Å²) in [7, 11) is 0. The third-order valence-corrected chi connectivity index (χ3v) is 7.56. The number of rotatable bonds is 6. The topological polar surface area (TPSA) is 55.6 Å². The molecule has 3 aromatic rings. The number of halogens is 1. The highest BCUT2D eigenvalue weighted by Gasteiger charge is 2.19. The van der Waals surface area contributed by atoms with Gasteiger partial charge in [0.15, 0.2) is 5.65 Å². The van der Waals surface area contributed by atoms with Gasteiger partial charge in [-0.05, 0) is 73.6 Å². The van der Waals surface area contributed by atoms with Crippen LogP contribution < -0.4 is 5.32 Å². The molecule has 1 fully saturated rings. The van der Waals surface area contributed by atoms with Crippen LogP contribution in [0.3, 0.4) is 0 Å². The second-order valence-electron chi connectivity index (χ2n) is 8.89. The molecule has 3 aromatic heterocycles. The van der Waals surface area contributed by atoms with Crippen molar-refractivity contribution < 1.29 is 0 Å². The molecular formula is C25H28ClN5S. The van der Waals surface area contributed by atoms with Crippen molar-refractivity contribution in [3.8, 4) is 0 Å². The molecule has 0 amide bonds. The lowest BCUT2D eigenvalue weighted by molar-refractivity contribution is 0.360. The molecule has 0 radical (unpaired) electrons. The SMILES string of the molecule is CC1CCC(Nc2ncc(Cc3cn(SC4=CC=CCC4)c4ncc(Cl)cc34)cn2)CC1. The molecule has 2 aliphatic rings. The van der Waals surface area contributed by atoms with E-state index in [0.29, 0.717) is 11.1 Å². The van der Waals surface area contributed by atoms with Crippen LogP contribution in [-0.4, -0.2) is 25.0 Å². The molecule has 3 heterocycles. The fourth-order valence-corrected chi connectivity index (χ4v) is 5.61. The van der Waals surface area contributed by atoms with Gasteiger partial charge in [-0.1, -0.05) is 36.8 Å². The Hall–Kier alpha value is -2.31. The maximum Gasteiger partial charge on any atom is 0.222 e. The van der Waals surface area contributed by atoms with E-state index in [1.54, 1.807) is 18.1 Å². The van der Waals surface area contributed by atoms with Gasteiger partial charge in [0.2, 0.25) is 5.95 Å². The highest BCUT2D eigenvalue weighted by molar-refractivity contribution is 8.01. The van der Waals surface area contributed by atoms with Crippen LogP contribution in [0.4, 0.5) is 5.95 Å². The van der Waals surface area contributed by atoms with Crippen molar-refractivity contribution in [3.63, 3.8) is 0 Å². The first kappa shape index (κ1) is 21.5. The minimum Gasteiger partial charge on any atom is -0.351 e. The van der Waals surface area contributed by atoms with Crippen LogP contribution in [0.15, 0.2) is 54.0 Å². The van der Waals surface area contributed by atoms with E-state index in [1.807, 2.05) is 18.5 Å². The molecule has 0 bridgehead atoms. The summed E-state index contributed by atoms with van der Waals surface area (Å²) >= 11 is 8.02. The minimum atomic E-state index is 0.490. The lowest BCUT2D eigenvalue weighted by Crippen LogP contribution is -2.26. The Bertz CT molecular complexity index is 1140. The molecule has 2 aliphatic carbocycles. The minimum absolute atomic E-state index is 0.490. The highest BCUT2D eigenvalue weighted by Crippen LogP contribution is 2.33. The van der Waals surface area contributed by atoms with Crippen LogP contribution in [0.25, 0.3) is 11.0 Å². The summed E-state index contributed by atoms with van der Waals surface area (Å²) < 4.78 is 2.16. The maximum absolute atomic E-state index is 6.29. The number of nitrogens with one attached hydrogen (secondary N) is 1. The zero-order valence-electron chi connectivity index (χ0n) is 18.3. The van der Waals surface area contributed by atoms with E-state index in [0.717, 1.165) is 47.7 Å². The first-order valence-corrected chi connectivity index (χ1v) is 12.6. The van der Waals surface area contributed by atoms with E-state index in [1.165, 1.54) is 36.2 Å². The van der Waals surface area contributed by atoms with Crippen molar-refractivity contribution in [1.82, 2.24) is 18.9 Å². The molecule has 0 saturated heterocycles. The number of aromatic nitrogens is 4. The average Bonchev–Trinajstić information content (AvgIpc) is 3.13. The predicted molar refractivity (Wildman–Crippen MR) is 134 cm³/mol. The monoisotopic (exact) mass is 465 g/mol. The molecule has 166 valence electrons. The normalized spacial score (nSPS) is 21.0. The molecule has 7 heteroatoms. The van der Waals surface area contributed by atoms with Gasteiger partial charge in [0, 0.05) is 47.5 Å². The highest BCUT2D eigenvalue weighted by atomic mass is 35.5. The number of fused-ring (bicyclic) bond motifs is 1. The number of anilines is 1. The molecule has 5 nitrogen and oxygen atoms in total. The van der Waals surface area contributed by atoms with Crippen molar-refractivity contribution in [1.29, 1.82) is 0 Å². The fourth-order valence-electron chi connectivity index (χ4n) is 4.44. The Morgan fingerprint density at radius 1 is 1.12 bits per heavy atom. The van der Waals surface area contributed by atoms with Crippen LogP contribution in [-0.2, 0) is 6.42 Å². The van der Waals surface area contributed by atoms with Crippen molar-refractivity contribution in [2.45, 2.75) is 57.9 Å². The predicted octanol–water partition coefficient (Wildman–Crippen LogP) is 6.79. The van der Waals surface area contributed by atoms with Gasteiger partial charge in [-0.2, -0.15) is 0 Å². The zero-order valence-corrected chi connectivity index (χ0v) is 19.9. The average molecular weight is 466 g/mol. The van der Waals surface area contributed by atoms with Gasteiger partial charge < -0.3 is 5.32 Å². The summed E-state index contributed by atoms with van der Waals surface area (Å²) in [6, 6.07) is 2.50. The second kappa shape index (κ2) is 9.67. The quantitative estimate of drug-likeness (QED) is 0.434. The smallest absolute Gasteiger partial charge is 0.222 e. The summed E-state index contributed by atoms with van der Waals surface area (Å²) in [6.07, 6.45) is 22.1. The van der Waals surface area contributed by atoms with Gasteiger partial charge in [0.1, 0.15) is 0 Å². The van der Waals surface area contributed by atoms with Crippen molar-refractivity contribution in [2.75, 3.05) is 5.32 Å². The molecule has 0 spiro atoms. The van der Waals surface area contributed by atoms with Crippen molar-refractivity contribution in [3.05, 3.63) is 70.1 Å². The summed E-state index contributed by atoms with van der Waals surface area (Å²) in [5, 5.41) is 5.24. The molecule has 0 aliphatic heterocycles. The van der Waals surface area contributed by atoms with Gasteiger partial charge >= 0.3 is 0 Å². The van der Waals surface area contributed by atoms with E-state index in [2.05, 4.69) is 55.6 Å². The van der Waals surface area contributed by atoms with E-state index in [9.17, 15) is 0 Å². The number of pyridine rings is 1. The Morgan fingerprint density at radius 2 is 1.94 bits per heavy atom. The summed E-state index contributed by atoms with van der Waals surface area (Å²) in [4.78, 5) is 15.1. The Balaban J connectivity index is 1.33. The Morgan fingerprint density at radius 3 is 2.69 bits per heavy atom. The van der Waals surface area contributed by atoms with E-state index >= 15 is 0 Å². The summed E-state index contributed by atoms with van der Waals surface area (Å²) in [5.74, 6) is 1.57. The fraction of sp³-hybridized carbons (Fsp3) is 0.400. The molecule has 32 heavy (non-hydrogen) atoms. The Kier molecular flexibility index (Phi) is 6.51. The zero-order chi connectivity index (χ0) is 21.9. The van der Waals surface area contributed by atoms with Gasteiger partial charge in [0.25, 0.3) is 0 Å². The van der Waals surface area contributed by atoms with Crippen LogP contribution in [0.2, 0.25) is 5.02 Å². The lowest BCUT2D eigenvalue weighted by atomic mass is 9.87. The summed E-state index contributed by atoms with van der Waals surface area (Å²) in [6.45, 7) is 2.34. The van der Waals surface area contributed by atoms with Crippen molar-refractivity contribution in [2.24, 2.45) is 5.92 Å². The molecule has 1 saturated carbocycles. The van der Waals surface area contributed by atoms with Crippen LogP contribution >= 0.6 is 23.5 Å². The molecule has 5 rings (SSSR count).